The van der Waals surface area contributed by atoms with Crippen LogP contribution in [0.3, 0.4) is 0 Å². The number of nitrogens with two attached hydrogens (primary N) is 1. The first-order chi connectivity index (χ1) is 13.3. The number of hydrogen-bond donors (Lipinski definition) is 2. The first-order valence-corrected chi connectivity index (χ1v) is 8.60. The van der Waals surface area contributed by atoms with Crippen molar-refractivity contribution in [1.82, 2.24) is 10.3 Å². The molecular weight excluding hydrogens is 404 g/mol. The molecule has 2 rings (SSSR count). The summed E-state index contributed by atoms with van der Waals surface area (Å²) in [6.45, 7) is 3.21. The number of rotatable bonds is 6. The Morgan fingerprint density at radius 1 is 1.14 bits per heavy atom. The highest BCUT2D eigenvalue weighted by molar-refractivity contribution is 5.91. The highest BCUT2D eigenvalue weighted by Gasteiger charge is 2.36. The molecule has 0 spiro atoms. The number of halogens is 6. The Hall–Kier alpha value is -2.56. The van der Waals surface area contributed by atoms with Crippen molar-refractivity contribution < 1.29 is 35.6 Å². The molecule has 11 heteroatoms. The molecule has 0 aliphatic carbocycles. The molecule has 2 unspecified atom stereocenters. The number of oxazole rings is 1. The number of aromatic nitrogens is 1. The fraction of sp³-hybridized carbons (Fsp3) is 0.444. The van der Waals surface area contributed by atoms with Crippen LogP contribution in [0.15, 0.2) is 28.9 Å². The number of nitrogens with zero attached hydrogens (tertiary/aromatic N) is 1. The van der Waals surface area contributed by atoms with Crippen LogP contribution in [0, 0.1) is 5.92 Å². The summed E-state index contributed by atoms with van der Waals surface area (Å²) >= 11 is 0. The van der Waals surface area contributed by atoms with Gasteiger partial charge in [0.15, 0.2) is 5.69 Å². The topological polar surface area (TPSA) is 81.1 Å². The number of amides is 1. The van der Waals surface area contributed by atoms with E-state index in [9.17, 15) is 31.1 Å². The van der Waals surface area contributed by atoms with E-state index in [1.54, 1.807) is 0 Å². The summed E-state index contributed by atoms with van der Waals surface area (Å²) in [4.78, 5) is 16.1. The summed E-state index contributed by atoms with van der Waals surface area (Å²) in [7, 11) is 0. The van der Waals surface area contributed by atoms with Gasteiger partial charge in [-0.15, -0.1) is 0 Å². The largest absolute Gasteiger partial charge is 0.446 e. The first-order valence-electron chi connectivity index (χ1n) is 8.60. The second-order valence-electron chi connectivity index (χ2n) is 6.58. The van der Waals surface area contributed by atoms with Gasteiger partial charge >= 0.3 is 12.4 Å². The minimum atomic E-state index is -4.97. The van der Waals surface area contributed by atoms with Crippen LogP contribution in [0.1, 0.15) is 59.4 Å². The lowest BCUT2D eigenvalue weighted by molar-refractivity contribution is -0.143. The second kappa shape index (κ2) is 8.44. The van der Waals surface area contributed by atoms with Gasteiger partial charge < -0.3 is 15.5 Å². The molecule has 0 saturated heterocycles. The van der Waals surface area contributed by atoms with Gasteiger partial charge in [-0.3, -0.25) is 4.79 Å². The Bertz CT molecular complexity index is 828. The van der Waals surface area contributed by atoms with E-state index < -0.39 is 42.0 Å². The molecule has 2 aromatic rings. The molecule has 0 radical (unpaired) electrons. The standard InChI is InChI=1S/C18H19F6N3O2/c1-3-9(2)14(25)16-27-13(8-29-16)15(28)26-7-10-4-11(17(19,20)21)6-12(5-10)18(22,23)24/h4-6,8-9,14H,3,7,25H2,1-2H3,(H,26,28). The summed E-state index contributed by atoms with van der Waals surface area (Å²) in [6.07, 6.45) is -8.16. The van der Waals surface area contributed by atoms with E-state index in [2.05, 4.69) is 10.3 Å². The Morgan fingerprint density at radius 3 is 2.17 bits per heavy atom. The van der Waals surface area contributed by atoms with Gasteiger partial charge in [0.05, 0.1) is 17.2 Å². The number of benzene rings is 1. The zero-order valence-corrected chi connectivity index (χ0v) is 15.5. The van der Waals surface area contributed by atoms with Crippen LogP contribution in [-0.2, 0) is 18.9 Å². The van der Waals surface area contributed by atoms with Gasteiger partial charge in [-0.25, -0.2) is 4.98 Å². The number of nitrogens with one attached hydrogen (secondary N) is 1. The number of hydrogen-bond acceptors (Lipinski definition) is 4. The number of alkyl halides is 6. The second-order valence-corrected chi connectivity index (χ2v) is 6.58. The summed E-state index contributed by atoms with van der Waals surface area (Å²) in [5.74, 6) is -0.680. The monoisotopic (exact) mass is 423 g/mol. The minimum absolute atomic E-state index is 0.0194. The third kappa shape index (κ3) is 5.72. The van der Waals surface area contributed by atoms with Gasteiger partial charge in [-0.1, -0.05) is 20.3 Å². The van der Waals surface area contributed by atoms with Gasteiger partial charge in [0.2, 0.25) is 5.89 Å². The van der Waals surface area contributed by atoms with E-state index in [1.807, 2.05) is 13.8 Å². The van der Waals surface area contributed by atoms with E-state index in [-0.39, 0.29) is 29.1 Å². The van der Waals surface area contributed by atoms with Crippen LogP contribution in [0.2, 0.25) is 0 Å². The average Bonchev–Trinajstić information content (AvgIpc) is 3.13. The minimum Gasteiger partial charge on any atom is -0.446 e. The maximum Gasteiger partial charge on any atom is 0.416 e. The SMILES string of the molecule is CCC(C)C(N)c1nc(C(=O)NCc2cc(C(F)(F)F)cc(C(F)(F)F)c2)co1. The van der Waals surface area contributed by atoms with Crippen molar-refractivity contribution in [1.29, 1.82) is 0 Å². The summed E-state index contributed by atoms with van der Waals surface area (Å²) in [5, 5.41) is 2.23. The van der Waals surface area contributed by atoms with Crippen LogP contribution in [0.25, 0.3) is 0 Å². The molecule has 0 fully saturated rings. The number of carbonyl (C=O) groups excluding carboxylic acids is 1. The Morgan fingerprint density at radius 2 is 1.69 bits per heavy atom. The predicted molar refractivity (Wildman–Crippen MR) is 90.5 cm³/mol. The molecule has 160 valence electrons. The highest BCUT2D eigenvalue weighted by Crippen LogP contribution is 2.36. The van der Waals surface area contributed by atoms with Crippen LogP contribution in [0.5, 0.6) is 0 Å². The fourth-order valence-electron chi connectivity index (χ4n) is 2.44. The summed E-state index contributed by atoms with van der Waals surface area (Å²) < 4.78 is 82.5. The van der Waals surface area contributed by atoms with Crippen LogP contribution in [-0.4, -0.2) is 10.9 Å². The van der Waals surface area contributed by atoms with Gasteiger partial charge in [0.25, 0.3) is 5.91 Å². The lowest BCUT2D eigenvalue weighted by Crippen LogP contribution is -2.24. The van der Waals surface area contributed by atoms with Crippen molar-refractivity contribution >= 4 is 5.91 Å². The quantitative estimate of drug-likeness (QED) is 0.661. The van der Waals surface area contributed by atoms with Crippen LogP contribution >= 0.6 is 0 Å². The molecule has 2 atom stereocenters. The number of carbonyl (C=O) groups is 1. The molecule has 0 saturated carbocycles. The van der Waals surface area contributed by atoms with Gasteiger partial charge in [-0.2, -0.15) is 26.3 Å². The van der Waals surface area contributed by atoms with Crippen molar-refractivity contribution in [3.63, 3.8) is 0 Å². The maximum absolute atomic E-state index is 12.9. The Balaban J connectivity index is 2.17. The van der Waals surface area contributed by atoms with Crippen molar-refractivity contribution in [2.45, 2.75) is 45.2 Å². The Labute approximate surface area is 162 Å². The lowest BCUT2D eigenvalue weighted by atomic mass is 10.0. The van der Waals surface area contributed by atoms with Crippen molar-refractivity contribution in [3.05, 3.63) is 52.7 Å². The lowest BCUT2D eigenvalue weighted by Gasteiger charge is -2.14. The molecule has 1 aromatic carbocycles. The van der Waals surface area contributed by atoms with E-state index in [0.717, 1.165) is 12.7 Å². The molecule has 1 heterocycles. The molecule has 0 aliphatic heterocycles. The predicted octanol–water partition coefficient (Wildman–Crippen LogP) is 4.69. The maximum atomic E-state index is 12.9. The van der Waals surface area contributed by atoms with Gasteiger partial charge in [0, 0.05) is 6.54 Å². The normalized spacial score (nSPS) is 14.5. The van der Waals surface area contributed by atoms with Gasteiger partial charge in [-0.05, 0) is 29.7 Å². The zero-order chi connectivity index (χ0) is 22.0. The van der Waals surface area contributed by atoms with Gasteiger partial charge in [0.1, 0.15) is 6.26 Å². The molecule has 5 nitrogen and oxygen atoms in total. The van der Waals surface area contributed by atoms with Crippen LogP contribution in [0.4, 0.5) is 26.3 Å². The van der Waals surface area contributed by atoms with Crippen molar-refractivity contribution in [2.24, 2.45) is 11.7 Å². The van der Waals surface area contributed by atoms with Crippen molar-refractivity contribution in [3.8, 4) is 0 Å². The third-order valence-corrected chi connectivity index (χ3v) is 4.40. The molecule has 1 aromatic heterocycles. The molecule has 3 N–H and O–H groups in total. The van der Waals surface area contributed by atoms with Crippen molar-refractivity contribution in [2.75, 3.05) is 0 Å². The zero-order valence-electron chi connectivity index (χ0n) is 15.5. The summed E-state index contributed by atoms with van der Waals surface area (Å²) in [6, 6.07) is 0.552. The van der Waals surface area contributed by atoms with E-state index in [1.165, 1.54) is 0 Å². The Kier molecular flexibility index (Phi) is 6.61. The van der Waals surface area contributed by atoms with Crippen LogP contribution < -0.4 is 11.1 Å². The average molecular weight is 423 g/mol. The fourth-order valence-corrected chi connectivity index (χ4v) is 2.44. The summed E-state index contributed by atoms with van der Waals surface area (Å²) in [5.41, 5.74) is 2.48. The molecule has 29 heavy (non-hydrogen) atoms. The molecular formula is C18H19F6N3O2. The smallest absolute Gasteiger partial charge is 0.416 e. The molecule has 1 amide bonds. The highest BCUT2D eigenvalue weighted by atomic mass is 19.4. The van der Waals surface area contributed by atoms with E-state index >= 15 is 0 Å². The first kappa shape index (κ1) is 22.7. The van der Waals surface area contributed by atoms with E-state index in [0.29, 0.717) is 12.1 Å². The molecule has 0 aliphatic rings. The van der Waals surface area contributed by atoms with E-state index in [4.69, 9.17) is 10.2 Å². The molecule has 0 bridgehead atoms. The third-order valence-electron chi connectivity index (χ3n) is 4.40.